The van der Waals surface area contributed by atoms with Crippen LogP contribution in [0.2, 0.25) is 0 Å². The number of nitrogens with zero attached hydrogens (tertiary/aromatic N) is 6. The Kier molecular flexibility index (Phi) is 6.11. The third-order valence-electron chi connectivity index (χ3n) is 4.34. The molecular formula is C16H26N6O. The summed E-state index contributed by atoms with van der Waals surface area (Å²) in [6.45, 7) is 7.57. The molecule has 1 aromatic heterocycles. The summed E-state index contributed by atoms with van der Waals surface area (Å²) >= 11 is 0. The van der Waals surface area contributed by atoms with Crippen molar-refractivity contribution < 1.29 is 4.79 Å². The summed E-state index contributed by atoms with van der Waals surface area (Å²) in [7, 11) is 1.77. The molecule has 1 fully saturated rings. The van der Waals surface area contributed by atoms with Crippen LogP contribution in [0.25, 0.3) is 0 Å². The highest BCUT2D eigenvalue weighted by molar-refractivity contribution is 5.78. The van der Waals surface area contributed by atoms with Crippen molar-refractivity contribution in [2.45, 2.75) is 39.7 Å². The van der Waals surface area contributed by atoms with Crippen molar-refractivity contribution in [3.63, 3.8) is 0 Å². The van der Waals surface area contributed by atoms with Crippen LogP contribution in [0.5, 0.6) is 0 Å². The molecule has 1 aliphatic heterocycles. The summed E-state index contributed by atoms with van der Waals surface area (Å²) in [4.78, 5) is 20.4. The van der Waals surface area contributed by atoms with Crippen molar-refractivity contribution in [1.29, 1.82) is 5.26 Å². The Labute approximate surface area is 137 Å². The highest BCUT2D eigenvalue weighted by Crippen LogP contribution is 2.18. The van der Waals surface area contributed by atoms with Crippen LogP contribution in [-0.4, -0.2) is 63.7 Å². The SMILES string of the molecule is Cc1nc(C)n(C[C@H]2CCCN(CC(=O)N(C)CCC#N)C2)n1. The number of rotatable bonds is 6. The number of likely N-dealkylation sites (tertiary alicyclic amines) is 1. The van der Waals surface area contributed by atoms with Crippen LogP contribution in [0.3, 0.4) is 0 Å². The summed E-state index contributed by atoms with van der Waals surface area (Å²) in [6.07, 6.45) is 2.65. The Morgan fingerprint density at radius 3 is 2.91 bits per heavy atom. The van der Waals surface area contributed by atoms with Crippen LogP contribution in [0.15, 0.2) is 0 Å². The number of carbonyl (C=O) groups is 1. The zero-order chi connectivity index (χ0) is 16.8. The number of piperidine rings is 1. The number of aromatic nitrogens is 3. The molecule has 1 atom stereocenters. The van der Waals surface area contributed by atoms with Gasteiger partial charge in [-0.2, -0.15) is 10.4 Å². The van der Waals surface area contributed by atoms with Crippen LogP contribution in [0.4, 0.5) is 0 Å². The molecular weight excluding hydrogens is 292 g/mol. The lowest BCUT2D eigenvalue weighted by molar-refractivity contribution is -0.131. The predicted octanol–water partition coefficient (Wildman–Crippen LogP) is 0.979. The summed E-state index contributed by atoms with van der Waals surface area (Å²) < 4.78 is 1.98. The normalized spacial score (nSPS) is 18.6. The van der Waals surface area contributed by atoms with E-state index in [1.54, 1.807) is 11.9 Å². The molecule has 0 bridgehead atoms. The van der Waals surface area contributed by atoms with Crippen molar-refractivity contribution in [2.75, 3.05) is 33.2 Å². The topological polar surface area (TPSA) is 78.0 Å². The zero-order valence-electron chi connectivity index (χ0n) is 14.3. The summed E-state index contributed by atoms with van der Waals surface area (Å²) in [5.74, 6) is 2.35. The minimum absolute atomic E-state index is 0.0914. The minimum atomic E-state index is 0.0914. The van der Waals surface area contributed by atoms with E-state index < -0.39 is 0 Å². The number of hydrogen-bond donors (Lipinski definition) is 0. The summed E-state index contributed by atoms with van der Waals surface area (Å²) in [5.41, 5.74) is 0. The molecule has 2 heterocycles. The Balaban J connectivity index is 1.84. The predicted molar refractivity (Wildman–Crippen MR) is 86.5 cm³/mol. The van der Waals surface area contributed by atoms with Crippen LogP contribution < -0.4 is 0 Å². The van der Waals surface area contributed by atoms with E-state index in [1.165, 1.54) is 0 Å². The molecule has 0 aromatic carbocycles. The van der Waals surface area contributed by atoms with E-state index in [1.807, 2.05) is 18.5 Å². The summed E-state index contributed by atoms with van der Waals surface area (Å²) in [6, 6.07) is 2.08. The first-order chi connectivity index (χ1) is 11.0. The van der Waals surface area contributed by atoms with Gasteiger partial charge in [-0.25, -0.2) is 9.67 Å². The van der Waals surface area contributed by atoms with Crippen molar-refractivity contribution in [2.24, 2.45) is 5.92 Å². The third kappa shape index (κ3) is 5.03. The van der Waals surface area contributed by atoms with Crippen molar-refractivity contribution in [1.82, 2.24) is 24.6 Å². The largest absolute Gasteiger partial charge is 0.344 e. The molecule has 2 rings (SSSR count). The lowest BCUT2D eigenvalue weighted by atomic mass is 9.98. The summed E-state index contributed by atoms with van der Waals surface area (Å²) in [5, 5.41) is 13.0. The molecule has 1 aromatic rings. The fourth-order valence-electron chi connectivity index (χ4n) is 3.08. The molecule has 23 heavy (non-hydrogen) atoms. The fourth-order valence-corrected chi connectivity index (χ4v) is 3.08. The molecule has 0 radical (unpaired) electrons. The van der Waals surface area contributed by atoms with Gasteiger partial charge in [-0.05, 0) is 39.2 Å². The van der Waals surface area contributed by atoms with E-state index in [2.05, 4.69) is 21.1 Å². The van der Waals surface area contributed by atoms with Gasteiger partial charge in [-0.3, -0.25) is 9.69 Å². The first-order valence-corrected chi connectivity index (χ1v) is 8.21. The maximum Gasteiger partial charge on any atom is 0.236 e. The maximum absolute atomic E-state index is 12.2. The first kappa shape index (κ1) is 17.4. The Bertz CT molecular complexity index is 576. The molecule has 126 valence electrons. The molecule has 1 amide bonds. The zero-order valence-corrected chi connectivity index (χ0v) is 14.3. The molecule has 7 heteroatoms. The highest BCUT2D eigenvalue weighted by atomic mass is 16.2. The number of likely N-dealkylation sites (N-methyl/N-ethyl adjacent to an activating group) is 1. The number of carbonyl (C=O) groups excluding carboxylic acids is 1. The van der Waals surface area contributed by atoms with E-state index in [-0.39, 0.29) is 5.91 Å². The standard InChI is InChI=1S/C16H26N6O/c1-13-18-14(2)22(19-13)11-15-6-4-9-21(10-15)12-16(23)20(3)8-5-7-17/h15H,4-6,8-12H2,1-3H3/t15-/m0/s1. The van der Waals surface area contributed by atoms with Gasteiger partial charge in [0.2, 0.25) is 5.91 Å². The number of amides is 1. The molecule has 0 spiro atoms. The van der Waals surface area contributed by atoms with E-state index in [0.29, 0.717) is 25.4 Å². The quantitative estimate of drug-likeness (QED) is 0.781. The highest BCUT2D eigenvalue weighted by Gasteiger charge is 2.23. The second-order valence-corrected chi connectivity index (χ2v) is 6.36. The van der Waals surface area contributed by atoms with Gasteiger partial charge in [0, 0.05) is 26.7 Å². The van der Waals surface area contributed by atoms with Crippen LogP contribution in [0.1, 0.15) is 30.9 Å². The van der Waals surface area contributed by atoms with Crippen LogP contribution in [0, 0.1) is 31.1 Å². The number of aryl methyl sites for hydroxylation is 2. The molecule has 7 nitrogen and oxygen atoms in total. The van der Waals surface area contributed by atoms with Gasteiger partial charge in [0.25, 0.3) is 0 Å². The minimum Gasteiger partial charge on any atom is -0.344 e. The average molecular weight is 318 g/mol. The molecule has 0 aliphatic carbocycles. The monoisotopic (exact) mass is 318 g/mol. The average Bonchev–Trinajstić information content (AvgIpc) is 2.82. The molecule has 1 saturated heterocycles. The van der Waals surface area contributed by atoms with E-state index >= 15 is 0 Å². The van der Waals surface area contributed by atoms with E-state index in [4.69, 9.17) is 5.26 Å². The van der Waals surface area contributed by atoms with Gasteiger partial charge in [0.05, 0.1) is 19.0 Å². The van der Waals surface area contributed by atoms with Gasteiger partial charge in [-0.15, -0.1) is 0 Å². The Hall–Kier alpha value is -1.94. The second kappa shape index (κ2) is 8.06. The molecule has 0 N–H and O–H groups in total. The fraction of sp³-hybridized carbons (Fsp3) is 0.750. The number of nitriles is 1. The third-order valence-corrected chi connectivity index (χ3v) is 4.34. The van der Waals surface area contributed by atoms with E-state index in [0.717, 1.165) is 44.1 Å². The smallest absolute Gasteiger partial charge is 0.236 e. The van der Waals surface area contributed by atoms with Crippen LogP contribution in [-0.2, 0) is 11.3 Å². The van der Waals surface area contributed by atoms with Crippen molar-refractivity contribution >= 4 is 5.91 Å². The van der Waals surface area contributed by atoms with Gasteiger partial charge < -0.3 is 4.90 Å². The Morgan fingerprint density at radius 2 is 2.26 bits per heavy atom. The molecule has 1 aliphatic rings. The van der Waals surface area contributed by atoms with Crippen molar-refractivity contribution in [3.8, 4) is 6.07 Å². The molecule has 0 saturated carbocycles. The Morgan fingerprint density at radius 1 is 1.48 bits per heavy atom. The maximum atomic E-state index is 12.2. The van der Waals surface area contributed by atoms with E-state index in [9.17, 15) is 4.79 Å². The molecule has 0 unspecified atom stereocenters. The van der Waals surface area contributed by atoms with Gasteiger partial charge in [-0.1, -0.05) is 0 Å². The van der Waals surface area contributed by atoms with Gasteiger partial charge >= 0.3 is 0 Å². The van der Waals surface area contributed by atoms with Crippen LogP contribution >= 0.6 is 0 Å². The van der Waals surface area contributed by atoms with Gasteiger partial charge in [0.15, 0.2) is 0 Å². The number of hydrogen-bond acceptors (Lipinski definition) is 5. The first-order valence-electron chi connectivity index (χ1n) is 8.21. The van der Waals surface area contributed by atoms with Crippen molar-refractivity contribution in [3.05, 3.63) is 11.6 Å². The second-order valence-electron chi connectivity index (χ2n) is 6.36. The lowest BCUT2D eigenvalue weighted by Gasteiger charge is -2.33. The lowest BCUT2D eigenvalue weighted by Crippen LogP contribution is -2.44. The van der Waals surface area contributed by atoms with Gasteiger partial charge in [0.1, 0.15) is 11.6 Å².